The zero-order valence-corrected chi connectivity index (χ0v) is 15.4. The summed E-state index contributed by atoms with van der Waals surface area (Å²) in [5.41, 5.74) is 1.78. The van der Waals surface area contributed by atoms with Crippen molar-refractivity contribution in [3.63, 3.8) is 0 Å². The normalized spacial score (nSPS) is 25.2. The van der Waals surface area contributed by atoms with Gasteiger partial charge < -0.3 is 4.74 Å². The van der Waals surface area contributed by atoms with E-state index in [2.05, 4.69) is 20.8 Å². The molecular weight excluding hydrogens is 296 g/mol. The van der Waals surface area contributed by atoms with E-state index < -0.39 is 0 Å². The number of benzene rings is 1. The van der Waals surface area contributed by atoms with Crippen LogP contribution in [0.1, 0.15) is 52.5 Å². The maximum atomic E-state index is 12.4. The number of carbonyl (C=O) groups excluding carboxylic acids is 1. The fourth-order valence-electron chi connectivity index (χ4n) is 3.42. The van der Waals surface area contributed by atoms with Crippen LogP contribution in [-0.4, -0.2) is 12.1 Å². The molecule has 0 aliphatic heterocycles. The zero-order chi connectivity index (χ0) is 17.5. The summed E-state index contributed by atoms with van der Waals surface area (Å²) < 4.78 is 5.86. The average Bonchev–Trinajstić information content (AvgIpc) is 2.55. The van der Waals surface area contributed by atoms with Gasteiger partial charge in [0.15, 0.2) is 0 Å². The van der Waals surface area contributed by atoms with Gasteiger partial charge in [-0.1, -0.05) is 75.8 Å². The highest BCUT2D eigenvalue weighted by atomic mass is 16.5. The molecule has 0 heterocycles. The molecule has 130 valence electrons. The lowest BCUT2D eigenvalue weighted by Crippen LogP contribution is -2.36. The Morgan fingerprint density at radius 1 is 1.21 bits per heavy atom. The first-order valence-corrected chi connectivity index (χ1v) is 9.08. The quantitative estimate of drug-likeness (QED) is 0.397. The molecule has 2 rings (SSSR count). The minimum Gasteiger partial charge on any atom is -0.459 e. The molecule has 0 radical (unpaired) electrons. The van der Waals surface area contributed by atoms with E-state index in [0.717, 1.165) is 18.4 Å². The van der Waals surface area contributed by atoms with Crippen molar-refractivity contribution in [1.29, 1.82) is 0 Å². The van der Waals surface area contributed by atoms with Gasteiger partial charge in [-0.25, -0.2) is 4.79 Å². The van der Waals surface area contributed by atoms with E-state index in [4.69, 9.17) is 4.74 Å². The molecule has 1 saturated carbocycles. The minimum atomic E-state index is -0.183. The van der Waals surface area contributed by atoms with Gasteiger partial charge >= 0.3 is 5.97 Å². The standard InChI is InChI=1S/C22H30O2/c1-16(2)20-14-13-17(3)15-21(20)24-22(23)18(4)9-8-12-19-10-6-5-7-11-19/h5-12,16-17,20-21H,13-15H2,1-4H3/t17-,20-,21-/m1/s1. The van der Waals surface area contributed by atoms with Gasteiger partial charge in [0.05, 0.1) is 0 Å². The first kappa shape index (κ1) is 18.5. The molecule has 24 heavy (non-hydrogen) atoms. The molecule has 0 saturated heterocycles. The van der Waals surface area contributed by atoms with E-state index in [0.29, 0.717) is 23.3 Å². The largest absolute Gasteiger partial charge is 0.459 e. The van der Waals surface area contributed by atoms with Crippen molar-refractivity contribution in [2.45, 2.75) is 53.1 Å². The lowest BCUT2D eigenvalue weighted by atomic mass is 9.75. The zero-order valence-electron chi connectivity index (χ0n) is 15.4. The van der Waals surface area contributed by atoms with E-state index in [-0.39, 0.29) is 12.1 Å². The van der Waals surface area contributed by atoms with Gasteiger partial charge in [-0.15, -0.1) is 0 Å². The van der Waals surface area contributed by atoms with Crippen LogP contribution in [0.5, 0.6) is 0 Å². The third kappa shape index (κ3) is 5.36. The fourth-order valence-corrected chi connectivity index (χ4v) is 3.42. The smallest absolute Gasteiger partial charge is 0.333 e. The monoisotopic (exact) mass is 326 g/mol. The van der Waals surface area contributed by atoms with Gasteiger partial charge in [-0.2, -0.15) is 0 Å². The van der Waals surface area contributed by atoms with Crippen molar-refractivity contribution >= 4 is 12.0 Å². The third-order valence-corrected chi connectivity index (χ3v) is 4.98. The number of hydrogen-bond donors (Lipinski definition) is 0. The second-order valence-electron chi connectivity index (χ2n) is 7.39. The Morgan fingerprint density at radius 3 is 2.58 bits per heavy atom. The second kappa shape index (κ2) is 8.86. The van der Waals surface area contributed by atoms with Crippen LogP contribution in [0, 0.1) is 17.8 Å². The number of esters is 1. The molecule has 0 N–H and O–H groups in total. The Kier molecular flexibility index (Phi) is 6.84. The highest BCUT2D eigenvalue weighted by Gasteiger charge is 2.33. The molecule has 0 bridgehead atoms. The van der Waals surface area contributed by atoms with Crippen LogP contribution in [0.25, 0.3) is 6.08 Å². The van der Waals surface area contributed by atoms with Crippen LogP contribution in [0.3, 0.4) is 0 Å². The molecule has 1 aromatic carbocycles. The van der Waals surface area contributed by atoms with Gasteiger partial charge in [-0.05, 0) is 43.1 Å². The van der Waals surface area contributed by atoms with Crippen molar-refractivity contribution in [3.8, 4) is 0 Å². The van der Waals surface area contributed by atoms with E-state index in [1.807, 2.05) is 55.5 Å². The first-order chi connectivity index (χ1) is 11.5. The maximum Gasteiger partial charge on any atom is 0.333 e. The van der Waals surface area contributed by atoms with Crippen LogP contribution in [0.2, 0.25) is 0 Å². The number of allylic oxidation sites excluding steroid dienone is 2. The lowest BCUT2D eigenvalue weighted by molar-refractivity contribution is -0.151. The Bertz CT molecular complexity index is 583. The van der Waals surface area contributed by atoms with Gasteiger partial charge in [-0.3, -0.25) is 0 Å². The van der Waals surface area contributed by atoms with E-state index in [9.17, 15) is 4.79 Å². The van der Waals surface area contributed by atoms with Crippen molar-refractivity contribution in [2.24, 2.45) is 17.8 Å². The molecule has 1 aliphatic rings. The van der Waals surface area contributed by atoms with Crippen molar-refractivity contribution < 1.29 is 9.53 Å². The predicted molar refractivity (Wildman–Crippen MR) is 100 cm³/mol. The molecule has 0 amide bonds. The van der Waals surface area contributed by atoms with Crippen LogP contribution in [-0.2, 0) is 9.53 Å². The maximum absolute atomic E-state index is 12.4. The van der Waals surface area contributed by atoms with Crippen LogP contribution >= 0.6 is 0 Å². The molecule has 1 aliphatic carbocycles. The number of carbonyl (C=O) groups is 1. The van der Waals surface area contributed by atoms with Gasteiger partial charge in [0.2, 0.25) is 0 Å². The van der Waals surface area contributed by atoms with E-state index in [1.54, 1.807) is 0 Å². The predicted octanol–water partition coefficient (Wildman–Crippen LogP) is 5.65. The molecule has 0 unspecified atom stereocenters. The van der Waals surface area contributed by atoms with Crippen LogP contribution in [0.15, 0.2) is 48.1 Å². The molecule has 1 fully saturated rings. The molecular formula is C22H30O2. The number of hydrogen-bond acceptors (Lipinski definition) is 2. The SMILES string of the molecule is CC(=CC=Cc1ccccc1)C(=O)O[C@@H]1C[C@H](C)CC[C@@H]1C(C)C. The number of rotatable bonds is 5. The molecule has 2 nitrogen and oxygen atoms in total. The summed E-state index contributed by atoms with van der Waals surface area (Å²) >= 11 is 0. The van der Waals surface area contributed by atoms with E-state index in [1.165, 1.54) is 6.42 Å². The minimum absolute atomic E-state index is 0.0581. The number of ether oxygens (including phenoxy) is 1. The van der Waals surface area contributed by atoms with Gasteiger partial charge in [0, 0.05) is 5.57 Å². The lowest BCUT2D eigenvalue weighted by Gasteiger charge is -2.36. The summed E-state index contributed by atoms with van der Waals surface area (Å²) in [7, 11) is 0. The topological polar surface area (TPSA) is 26.3 Å². The summed E-state index contributed by atoms with van der Waals surface area (Å²) in [6.07, 6.45) is 9.20. The van der Waals surface area contributed by atoms with Crippen molar-refractivity contribution in [3.05, 3.63) is 53.6 Å². The summed E-state index contributed by atoms with van der Waals surface area (Å²) in [6.45, 7) is 8.54. The van der Waals surface area contributed by atoms with Crippen molar-refractivity contribution in [1.82, 2.24) is 0 Å². The highest BCUT2D eigenvalue weighted by Crippen LogP contribution is 2.35. The van der Waals surface area contributed by atoms with Crippen LogP contribution < -0.4 is 0 Å². The van der Waals surface area contributed by atoms with Gasteiger partial charge in [0.1, 0.15) is 6.10 Å². The van der Waals surface area contributed by atoms with E-state index >= 15 is 0 Å². The summed E-state index contributed by atoms with van der Waals surface area (Å²) in [4.78, 5) is 12.4. The molecule has 0 spiro atoms. The molecule has 3 atom stereocenters. The summed E-state index contributed by atoms with van der Waals surface area (Å²) in [5, 5.41) is 0. The van der Waals surface area contributed by atoms with Crippen LogP contribution in [0.4, 0.5) is 0 Å². The summed E-state index contributed by atoms with van der Waals surface area (Å²) in [5.74, 6) is 1.49. The first-order valence-electron chi connectivity index (χ1n) is 9.08. The molecule has 1 aromatic rings. The second-order valence-corrected chi connectivity index (χ2v) is 7.39. The Hall–Kier alpha value is -1.83. The molecule has 2 heteroatoms. The Balaban J connectivity index is 1.96. The third-order valence-electron chi connectivity index (χ3n) is 4.98. The highest BCUT2D eigenvalue weighted by molar-refractivity contribution is 5.88. The molecule has 0 aromatic heterocycles. The van der Waals surface area contributed by atoms with Gasteiger partial charge in [0.25, 0.3) is 0 Å². The average molecular weight is 326 g/mol. The summed E-state index contributed by atoms with van der Waals surface area (Å²) in [6, 6.07) is 10.1. The Morgan fingerprint density at radius 2 is 1.92 bits per heavy atom. The fraction of sp³-hybridized carbons (Fsp3) is 0.500. The Labute approximate surface area is 146 Å². The van der Waals surface area contributed by atoms with Crippen molar-refractivity contribution in [2.75, 3.05) is 0 Å².